The van der Waals surface area contributed by atoms with Gasteiger partial charge in [0.25, 0.3) is 0 Å². The minimum Gasteiger partial charge on any atom is -0.383 e. The van der Waals surface area contributed by atoms with Crippen molar-refractivity contribution in [3.05, 3.63) is 28.8 Å². The van der Waals surface area contributed by atoms with Gasteiger partial charge >= 0.3 is 11.7 Å². The first-order chi connectivity index (χ1) is 8.59. The Morgan fingerprint density at radius 1 is 1.11 bits per heavy atom. The summed E-state index contributed by atoms with van der Waals surface area (Å²) in [7, 11) is 0. The smallest absolute Gasteiger partial charge is 0.383 e. The summed E-state index contributed by atoms with van der Waals surface area (Å²) in [6.07, 6.45) is -4.53. The normalized spacial score (nSPS) is 12.6. The highest BCUT2D eigenvalue weighted by atomic mass is 35.5. The second-order valence-electron chi connectivity index (χ2n) is 3.41. The number of halogens is 7. The van der Waals surface area contributed by atoms with Gasteiger partial charge in [-0.2, -0.15) is 26.3 Å². The van der Waals surface area contributed by atoms with Crippen LogP contribution in [0.15, 0.2) is 18.2 Å². The van der Waals surface area contributed by atoms with Crippen LogP contribution in [0.5, 0.6) is 0 Å². The molecule has 9 heteroatoms. The molecular weight excluding hydrogens is 316 g/mol. The van der Waals surface area contributed by atoms with Gasteiger partial charge in [0.1, 0.15) is 0 Å². The number of anilines is 1. The predicted octanol–water partition coefficient (Wildman–Crippen LogP) is 5.02. The first kappa shape index (κ1) is 16.3. The molecule has 0 unspecified atom stereocenters. The number of hydrogen-bond acceptors (Lipinski definition) is 2. The molecule has 1 nitrogen and oxygen atoms in total. The van der Waals surface area contributed by atoms with Crippen molar-refractivity contribution >= 4 is 29.1 Å². The van der Waals surface area contributed by atoms with E-state index in [0.717, 1.165) is 18.2 Å². The molecule has 0 saturated heterocycles. The third-order valence-corrected chi connectivity index (χ3v) is 3.04. The van der Waals surface area contributed by atoms with E-state index in [1.165, 1.54) is 0 Å². The van der Waals surface area contributed by atoms with E-state index in [9.17, 15) is 26.3 Å². The molecule has 0 aliphatic carbocycles. The average Bonchev–Trinajstić information content (AvgIpc) is 2.23. The van der Waals surface area contributed by atoms with E-state index in [4.69, 9.17) is 11.6 Å². The van der Waals surface area contributed by atoms with E-state index in [1.54, 1.807) is 0 Å². The van der Waals surface area contributed by atoms with Gasteiger partial charge in [-0.05, 0) is 30.0 Å². The molecule has 0 saturated carbocycles. The molecule has 1 aromatic carbocycles. The van der Waals surface area contributed by atoms with Gasteiger partial charge in [-0.15, -0.1) is 0 Å². The van der Waals surface area contributed by atoms with Crippen LogP contribution in [0.25, 0.3) is 0 Å². The Hall–Kier alpha value is -0.760. The fourth-order valence-electron chi connectivity index (χ4n) is 1.19. The van der Waals surface area contributed by atoms with Crippen LogP contribution in [0.3, 0.4) is 0 Å². The van der Waals surface area contributed by atoms with Crippen LogP contribution in [-0.2, 0) is 6.18 Å². The number of thioether (sulfide) groups is 1. The summed E-state index contributed by atoms with van der Waals surface area (Å²) >= 11 is 5.40. The molecule has 0 amide bonds. The lowest BCUT2D eigenvalue weighted by Gasteiger charge is -2.12. The molecule has 0 aliphatic rings. The van der Waals surface area contributed by atoms with Crippen LogP contribution < -0.4 is 5.32 Å². The number of rotatable bonds is 4. The fraction of sp³-hybridized carbons (Fsp3) is 0.400. The highest BCUT2D eigenvalue weighted by Gasteiger charge is 2.31. The van der Waals surface area contributed by atoms with Crippen molar-refractivity contribution in [1.82, 2.24) is 0 Å². The van der Waals surface area contributed by atoms with Gasteiger partial charge in [-0.1, -0.05) is 11.6 Å². The summed E-state index contributed by atoms with van der Waals surface area (Å²) in [5.74, 6) is -0.323. The Morgan fingerprint density at radius 3 is 2.26 bits per heavy atom. The quantitative estimate of drug-likeness (QED) is 0.616. The zero-order chi connectivity index (χ0) is 14.7. The molecule has 1 N–H and O–H groups in total. The Bertz CT molecular complexity index is 431. The van der Waals surface area contributed by atoms with E-state index in [-0.39, 0.29) is 34.8 Å². The number of hydrogen-bond donors (Lipinski definition) is 1. The standard InChI is InChI=1S/C10H8ClF6NS/c11-7-2-1-6(9(12,13)14)5-8(7)18-3-4-19-10(15,16)17/h1-2,5,18H,3-4H2. The maximum absolute atomic E-state index is 12.4. The SMILES string of the molecule is FC(F)(F)SCCNc1cc(C(F)(F)F)ccc1Cl. The average molecular weight is 324 g/mol. The van der Waals surface area contributed by atoms with Crippen LogP contribution in [-0.4, -0.2) is 17.8 Å². The lowest BCUT2D eigenvalue weighted by atomic mass is 10.2. The van der Waals surface area contributed by atoms with E-state index >= 15 is 0 Å². The van der Waals surface area contributed by atoms with Gasteiger partial charge in [0.05, 0.1) is 16.3 Å². The van der Waals surface area contributed by atoms with Crippen molar-refractivity contribution in [1.29, 1.82) is 0 Å². The molecule has 0 aliphatic heterocycles. The minimum absolute atomic E-state index is 0.0185. The van der Waals surface area contributed by atoms with E-state index < -0.39 is 17.2 Å². The fourth-order valence-corrected chi connectivity index (χ4v) is 1.81. The maximum atomic E-state index is 12.4. The van der Waals surface area contributed by atoms with Crippen molar-refractivity contribution in [2.75, 3.05) is 17.6 Å². The van der Waals surface area contributed by atoms with E-state index in [0.29, 0.717) is 0 Å². The van der Waals surface area contributed by atoms with Crippen LogP contribution >= 0.6 is 23.4 Å². The summed E-state index contributed by atoms with van der Waals surface area (Å²) in [6, 6.07) is 2.61. The van der Waals surface area contributed by atoms with Crippen molar-refractivity contribution in [2.24, 2.45) is 0 Å². The molecule has 0 bridgehead atoms. The molecule has 1 rings (SSSR count). The Labute approximate surface area is 114 Å². The zero-order valence-corrected chi connectivity index (χ0v) is 10.8. The van der Waals surface area contributed by atoms with Gasteiger partial charge in [-0.3, -0.25) is 0 Å². The molecule has 19 heavy (non-hydrogen) atoms. The van der Waals surface area contributed by atoms with Crippen molar-refractivity contribution in [3.8, 4) is 0 Å². The highest BCUT2D eigenvalue weighted by Crippen LogP contribution is 2.34. The predicted molar refractivity (Wildman–Crippen MR) is 63.5 cm³/mol. The zero-order valence-electron chi connectivity index (χ0n) is 9.20. The van der Waals surface area contributed by atoms with Gasteiger partial charge in [0, 0.05) is 12.3 Å². The molecule has 1 aromatic rings. The topological polar surface area (TPSA) is 12.0 Å². The van der Waals surface area contributed by atoms with E-state index in [1.807, 2.05) is 0 Å². The molecular formula is C10H8ClF6NS. The molecule has 0 heterocycles. The van der Waals surface area contributed by atoms with Crippen LogP contribution in [0, 0.1) is 0 Å². The Morgan fingerprint density at radius 2 is 1.74 bits per heavy atom. The third-order valence-electron chi connectivity index (χ3n) is 1.98. The third kappa shape index (κ3) is 5.82. The molecule has 0 radical (unpaired) electrons. The van der Waals surface area contributed by atoms with Crippen LogP contribution in [0.2, 0.25) is 5.02 Å². The molecule has 0 atom stereocenters. The second kappa shape index (κ2) is 6.13. The van der Waals surface area contributed by atoms with Gasteiger partial charge in [-0.25, -0.2) is 0 Å². The lowest BCUT2D eigenvalue weighted by molar-refractivity contribution is -0.137. The van der Waals surface area contributed by atoms with Crippen LogP contribution in [0.4, 0.5) is 32.0 Å². The minimum atomic E-state index is -4.53. The lowest BCUT2D eigenvalue weighted by Crippen LogP contribution is -2.11. The van der Waals surface area contributed by atoms with Crippen LogP contribution in [0.1, 0.15) is 5.56 Å². The van der Waals surface area contributed by atoms with Crippen molar-refractivity contribution in [2.45, 2.75) is 11.7 Å². The first-order valence-electron chi connectivity index (χ1n) is 4.91. The van der Waals surface area contributed by atoms with Gasteiger partial charge in [0.2, 0.25) is 0 Å². The summed E-state index contributed by atoms with van der Waals surface area (Å²) in [4.78, 5) is 0. The first-order valence-corrected chi connectivity index (χ1v) is 6.27. The summed E-state index contributed by atoms with van der Waals surface area (Å²) < 4.78 is 72.8. The van der Waals surface area contributed by atoms with Gasteiger partial charge in [0.15, 0.2) is 0 Å². The summed E-state index contributed by atoms with van der Waals surface area (Å²) in [6.45, 7) is -0.148. The number of benzene rings is 1. The highest BCUT2D eigenvalue weighted by molar-refractivity contribution is 8.00. The maximum Gasteiger partial charge on any atom is 0.441 e. The molecule has 108 valence electrons. The van der Waals surface area contributed by atoms with Crippen molar-refractivity contribution < 1.29 is 26.3 Å². The summed E-state index contributed by atoms with van der Waals surface area (Å²) in [5, 5.41) is 2.46. The van der Waals surface area contributed by atoms with E-state index in [2.05, 4.69) is 5.32 Å². The number of alkyl halides is 6. The Balaban J connectivity index is 2.63. The molecule has 0 aromatic heterocycles. The van der Waals surface area contributed by atoms with Gasteiger partial charge < -0.3 is 5.32 Å². The largest absolute Gasteiger partial charge is 0.441 e. The Kier molecular flexibility index (Phi) is 5.26. The molecule has 0 fully saturated rings. The van der Waals surface area contributed by atoms with Crippen molar-refractivity contribution in [3.63, 3.8) is 0 Å². The summed E-state index contributed by atoms with van der Waals surface area (Å²) in [5.41, 5.74) is -5.32. The molecule has 0 spiro atoms. The number of nitrogens with one attached hydrogen (secondary N) is 1. The second-order valence-corrected chi connectivity index (χ2v) is 4.98. The monoisotopic (exact) mass is 323 g/mol.